The molecule has 1 N–H and O–H groups in total. The van der Waals surface area contributed by atoms with E-state index in [1.54, 1.807) is 29.7 Å². The van der Waals surface area contributed by atoms with E-state index < -0.39 is 0 Å². The fourth-order valence-corrected chi connectivity index (χ4v) is 4.07. The van der Waals surface area contributed by atoms with Gasteiger partial charge in [0.2, 0.25) is 5.91 Å². The van der Waals surface area contributed by atoms with E-state index in [0.29, 0.717) is 12.1 Å². The predicted octanol–water partition coefficient (Wildman–Crippen LogP) is 3.15. The van der Waals surface area contributed by atoms with Gasteiger partial charge >= 0.3 is 0 Å². The highest BCUT2D eigenvalue weighted by Gasteiger charge is 2.20. The highest BCUT2D eigenvalue weighted by molar-refractivity contribution is 7.09. The monoisotopic (exact) mass is 418 g/mol. The molecule has 0 bridgehead atoms. The third-order valence-corrected chi connectivity index (χ3v) is 5.77. The Kier molecular flexibility index (Phi) is 6.02. The number of carbonyl (C=O) groups excluding carboxylic acids is 1. The van der Waals surface area contributed by atoms with Crippen molar-refractivity contribution in [3.05, 3.63) is 58.5 Å². The fourth-order valence-electron chi connectivity index (χ4n) is 3.45. The Morgan fingerprint density at radius 2 is 2.07 bits per heavy atom. The molecule has 0 aliphatic carbocycles. The Labute approximate surface area is 179 Å². The molecule has 0 saturated carbocycles. The number of benzene rings is 1. The van der Waals surface area contributed by atoms with Gasteiger partial charge in [-0.3, -0.25) is 9.69 Å². The van der Waals surface area contributed by atoms with Gasteiger partial charge in [-0.15, -0.1) is 11.3 Å². The zero-order valence-corrected chi connectivity index (χ0v) is 17.5. The molecule has 0 unspecified atom stereocenters. The molecule has 0 spiro atoms. The molecule has 1 fully saturated rings. The summed E-state index contributed by atoms with van der Waals surface area (Å²) in [7, 11) is 0. The lowest BCUT2D eigenvalue weighted by Crippen LogP contribution is -2.48. The van der Waals surface area contributed by atoms with Crippen molar-refractivity contribution >= 4 is 28.7 Å². The van der Waals surface area contributed by atoms with Crippen molar-refractivity contribution in [3.63, 3.8) is 0 Å². The predicted molar refractivity (Wildman–Crippen MR) is 119 cm³/mol. The molecule has 1 saturated heterocycles. The first kappa shape index (κ1) is 20.0. The number of nitriles is 1. The van der Waals surface area contributed by atoms with Crippen LogP contribution in [0.2, 0.25) is 0 Å². The molecule has 2 aromatic heterocycles. The third-order valence-electron chi connectivity index (χ3n) is 5.00. The Bertz CT molecular complexity index is 1080. The number of nitrogens with zero attached hydrogens (tertiary/aromatic N) is 5. The number of rotatable bonds is 5. The number of anilines is 2. The number of nitrogens with one attached hydrogen (secondary N) is 1. The molecule has 3 aromatic rings. The minimum atomic E-state index is -0.0281. The van der Waals surface area contributed by atoms with Crippen molar-refractivity contribution in [3.8, 4) is 17.3 Å². The van der Waals surface area contributed by atoms with Crippen LogP contribution in [0.3, 0.4) is 0 Å². The van der Waals surface area contributed by atoms with Crippen LogP contribution in [0.4, 0.5) is 11.5 Å². The first-order chi connectivity index (χ1) is 14.6. The lowest BCUT2D eigenvalue weighted by Gasteiger charge is -2.35. The summed E-state index contributed by atoms with van der Waals surface area (Å²) in [5.74, 6) is 0.784. The number of hydrogen-bond donors (Lipinski definition) is 1. The quantitative estimate of drug-likeness (QED) is 0.685. The van der Waals surface area contributed by atoms with Gasteiger partial charge in [0.15, 0.2) is 0 Å². The van der Waals surface area contributed by atoms with E-state index in [4.69, 9.17) is 5.26 Å². The summed E-state index contributed by atoms with van der Waals surface area (Å²) >= 11 is 1.61. The van der Waals surface area contributed by atoms with Crippen molar-refractivity contribution in [2.45, 2.75) is 6.92 Å². The highest BCUT2D eigenvalue weighted by Crippen LogP contribution is 2.24. The third kappa shape index (κ3) is 4.82. The number of carbonyl (C=O) groups is 1. The Balaban J connectivity index is 1.31. The van der Waals surface area contributed by atoms with Gasteiger partial charge in [0.25, 0.3) is 0 Å². The number of thiazole rings is 1. The Morgan fingerprint density at radius 1 is 1.23 bits per heavy atom. The number of piperazine rings is 1. The van der Waals surface area contributed by atoms with E-state index in [1.165, 1.54) is 0 Å². The average Bonchev–Trinajstić information content (AvgIpc) is 3.21. The molecule has 1 amide bonds. The first-order valence-corrected chi connectivity index (χ1v) is 10.6. The molecule has 3 heterocycles. The van der Waals surface area contributed by atoms with E-state index in [9.17, 15) is 4.79 Å². The zero-order valence-electron chi connectivity index (χ0n) is 16.7. The maximum absolute atomic E-state index is 12.5. The second-order valence-electron chi connectivity index (χ2n) is 7.16. The van der Waals surface area contributed by atoms with Crippen molar-refractivity contribution in [2.24, 2.45) is 0 Å². The summed E-state index contributed by atoms with van der Waals surface area (Å²) in [4.78, 5) is 25.7. The van der Waals surface area contributed by atoms with Crippen molar-refractivity contribution < 1.29 is 4.79 Å². The number of pyridine rings is 1. The number of aromatic nitrogens is 2. The van der Waals surface area contributed by atoms with Gasteiger partial charge < -0.3 is 10.2 Å². The molecule has 1 aromatic carbocycles. The van der Waals surface area contributed by atoms with Gasteiger partial charge in [0.05, 0.1) is 28.9 Å². The maximum Gasteiger partial charge on any atom is 0.238 e. The summed E-state index contributed by atoms with van der Waals surface area (Å²) in [6.07, 6.45) is 1.66. The van der Waals surface area contributed by atoms with Gasteiger partial charge in [-0.25, -0.2) is 9.97 Å². The van der Waals surface area contributed by atoms with Gasteiger partial charge in [-0.05, 0) is 31.2 Å². The smallest absolute Gasteiger partial charge is 0.238 e. The molecular weight excluding hydrogens is 396 g/mol. The summed E-state index contributed by atoms with van der Waals surface area (Å²) in [5.41, 5.74) is 3.31. The summed E-state index contributed by atoms with van der Waals surface area (Å²) in [5, 5.41) is 15.1. The average molecular weight is 419 g/mol. The van der Waals surface area contributed by atoms with Gasteiger partial charge in [-0.2, -0.15) is 5.26 Å². The maximum atomic E-state index is 12.5. The number of hydrogen-bond acceptors (Lipinski definition) is 7. The SMILES string of the molecule is Cc1nc(-c2cccc(NC(=O)CN3CCN(c4cc(C#N)ccn4)CC3)c2)cs1. The Morgan fingerprint density at radius 3 is 2.80 bits per heavy atom. The van der Waals surface area contributed by atoms with E-state index in [-0.39, 0.29) is 5.91 Å². The van der Waals surface area contributed by atoms with E-state index in [1.807, 2.05) is 36.6 Å². The van der Waals surface area contributed by atoms with Crippen LogP contribution in [0, 0.1) is 18.3 Å². The molecule has 0 atom stereocenters. The van der Waals surface area contributed by atoms with E-state index in [2.05, 4.69) is 31.2 Å². The van der Waals surface area contributed by atoms with Gasteiger partial charge in [0.1, 0.15) is 5.82 Å². The molecular formula is C22H22N6OS. The number of aryl methyl sites for hydroxylation is 1. The van der Waals surface area contributed by atoms with Crippen LogP contribution < -0.4 is 10.2 Å². The molecule has 30 heavy (non-hydrogen) atoms. The van der Waals surface area contributed by atoms with Crippen LogP contribution >= 0.6 is 11.3 Å². The molecule has 1 aliphatic heterocycles. The van der Waals surface area contributed by atoms with Crippen molar-refractivity contribution in [2.75, 3.05) is 42.9 Å². The Hall–Kier alpha value is -3.28. The molecule has 7 nitrogen and oxygen atoms in total. The second kappa shape index (κ2) is 9.03. The second-order valence-corrected chi connectivity index (χ2v) is 8.22. The summed E-state index contributed by atoms with van der Waals surface area (Å²) < 4.78 is 0. The highest BCUT2D eigenvalue weighted by atomic mass is 32.1. The lowest BCUT2D eigenvalue weighted by molar-refractivity contribution is -0.117. The molecule has 4 rings (SSSR count). The lowest BCUT2D eigenvalue weighted by atomic mass is 10.1. The molecule has 1 aliphatic rings. The molecule has 8 heteroatoms. The topological polar surface area (TPSA) is 85.2 Å². The van der Waals surface area contributed by atoms with Crippen LogP contribution in [0.15, 0.2) is 48.0 Å². The fraction of sp³-hybridized carbons (Fsp3) is 0.273. The minimum absolute atomic E-state index is 0.0281. The normalized spacial score (nSPS) is 14.3. The molecule has 152 valence electrons. The van der Waals surface area contributed by atoms with Crippen LogP contribution in [-0.2, 0) is 4.79 Å². The van der Waals surface area contributed by atoms with Crippen LogP contribution in [0.5, 0.6) is 0 Å². The first-order valence-electron chi connectivity index (χ1n) is 9.76. The van der Waals surface area contributed by atoms with E-state index >= 15 is 0 Å². The van der Waals surface area contributed by atoms with Gasteiger partial charge in [-0.1, -0.05) is 12.1 Å². The minimum Gasteiger partial charge on any atom is -0.354 e. The number of amides is 1. The largest absolute Gasteiger partial charge is 0.354 e. The van der Waals surface area contributed by atoms with Crippen molar-refractivity contribution in [1.82, 2.24) is 14.9 Å². The standard InChI is InChI=1S/C22H22N6OS/c1-16-25-20(15-30-16)18-3-2-4-19(12-18)26-22(29)14-27-7-9-28(10-8-27)21-11-17(13-23)5-6-24-21/h2-6,11-12,15H,7-10,14H2,1H3,(H,26,29). The van der Waals surface area contributed by atoms with Crippen LogP contribution in [0.1, 0.15) is 10.6 Å². The zero-order chi connectivity index (χ0) is 20.9. The van der Waals surface area contributed by atoms with E-state index in [0.717, 1.165) is 53.9 Å². The van der Waals surface area contributed by atoms with Crippen molar-refractivity contribution in [1.29, 1.82) is 5.26 Å². The molecule has 0 radical (unpaired) electrons. The van der Waals surface area contributed by atoms with Crippen LogP contribution in [-0.4, -0.2) is 53.5 Å². The summed E-state index contributed by atoms with van der Waals surface area (Å²) in [6.45, 7) is 5.41. The van der Waals surface area contributed by atoms with Gasteiger partial charge in [0, 0.05) is 49.0 Å². The summed E-state index contributed by atoms with van der Waals surface area (Å²) in [6, 6.07) is 13.4. The van der Waals surface area contributed by atoms with Crippen LogP contribution in [0.25, 0.3) is 11.3 Å².